The van der Waals surface area contributed by atoms with Gasteiger partial charge in [0.1, 0.15) is 17.8 Å². The number of thiazole rings is 1. The van der Waals surface area contributed by atoms with E-state index in [1.54, 1.807) is 26.0 Å². The second kappa shape index (κ2) is 15.0. The van der Waals surface area contributed by atoms with Crippen molar-refractivity contribution in [1.29, 1.82) is 0 Å². The molecule has 0 radical (unpaired) electrons. The molecule has 2 atom stereocenters. The third kappa shape index (κ3) is 9.74. The van der Waals surface area contributed by atoms with Crippen molar-refractivity contribution in [1.82, 2.24) is 15.2 Å². The highest BCUT2D eigenvalue weighted by Gasteiger charge is 2.39. The molecule has 10 nitrogen and oxygen atoms in total. The fraction of sp³-hybridized carbons (Fsp3) is 0.667. The number of nitrogen functional groups attached to an aromatic ring is 1. The molecule has 0 amide bonds. The zero-order valence-electron chi connectivity index (χ0n) is 24.4. The highest BCUT2D eigenvalue weighted by Crippen LogP contribution is 2.41. The number of carbonyl (C=O) groups excluding carboxylic acids is 2. The summed E-state index contributed by atoms with van der Waals surface area (Å²) in [4.78, 5) is 31.2. The molecule has 4 N–H and O–H groups in total. The van der Waals surface area contributed by atoms with Crippen LogP contribution in [0.2, 0.25) is 0 Å². The third-order valence-electron chi connectivity index (χ3n) is 5.67. The Morgan fingerprint density at radius 2 is 1.46 bits per heavy atom. The van der Waals surface area contributed by atoms with Gasteiger partial charge in [0, 0.05) is 4.88 Å². The lowest BCUT2D eigenvalue weighted by atomic mass is 10.1. The minimum absolute atomic E-state index is 0.0654. The van der Waals surface area contributed by atoms with Crippen LogP contribution in [0.15, 0.2) is 16.5 Å². The third-order valence-corrected chi connectivity index (χ3v) is 8.79. The van der Waals surface area contributed by atoms with Gasteiger partial charge in [0.25, 0.3) is 7.44 Å². The number of rotatable bonds is 16. The van der Waals surface area contributed by atoms with Crippen LogP contribution < -0.4 is 21.4 Å². The quantitative estimate of drug-likeness (QED) is 0.179. The van der Waals surface area contributed by atoms with Gasteiger partial charge in [-0.2, -0.15) is 0 Å². The van der Waals surface area contributed by atoms with Crippen molar-refractivity contribution < 1.29 is 28.0 Å². The van der Waals surface area contributed by atoms with Gasteiger partial charge in [0.2, 0.25) is 0 Å². The fourth-order valence-corrected chi connectivity index (χ4v) is 7.32. The second-order valence-electron chi connectivity index (χ2n) is 10.8. The Hall–Kier alpha value is -2.20. The molecular weight excluding hydrogens is 539 g/mol. The SMILES string of the molecule is CCOC(=O)[C@H](CC(C)C)NP(=O)(N[C@@H](CC(C)C)C(=O)OCC)c1ccc(-c2nc(N)sc2CC(C)C)o1. The number of nitrogens with one attached hydrogen (secondary N) is 2. The van der Waals surface area contributed by atoms with Crippen LogP contribution in [-0.4, -0.2) is 42.2 Å². The highest BCUT2D eigenvalue weighted by atomic mass is 32.1. The molecule has 0 fully saturated rings. The summed E-state index contributed by atoms with van der Waals surface area (Å²) >= 11 is 1.39. The molecule has 0 saturated heterocycles. The molecule has 2 rings (SSSR count). The first-order valence-electron chi connectivity index (χ1n) is 13.6. The molecule has 0 bridgehead atoms. The number of anilines is 1. The summed E-state index contributed by atoms with van der Waals surface area (Å²) in [7, 11) is -3.91. The van der Waals surface area contributed by atoms with Crippen LogP contribution >= 0.6 is 18.8 Å². The van der Waals surface area contributed by atoms with Crippen LogP contribution in [0.5, 0.6) is 0 Å². The number of hydrogen-bond donors (Lipinski definition) is 3. The molecule has 0 aromatic carbocycles. The first kappa shape index (κ1) is 33.0. The molecule has 0 aliphatic carbocycles. The highest BCUT2D eigenvalue weighted by molar-refractivity contribution is 7.67. The summed E-state index contributed by atoms with van der Waals surface area (Å²) in [6.07, 6.45) is 1.49. The summed E-state index contributed by atoms with van der Waals surface area (Å²) in [5.41, 5.74) is 6.68. The first-order valence-corrected chi connectivity index (χ1v) is 16.2. The van der Waals surface area contributed by atoms with E-state index in [0.29, 0.717) is 35.3 Å². The number of nitrogens with two attached hydrogens (primary N) is 1. The normalized spacial score (nSPS) is 13.7. The lowest BCUT2D eigenvalue weighted by Crippen LogP contribution is -2.47. The van der Waals surface area contributed by atoms with E-state index in [4.69, 9.17) is 19.6 Å². The maximum Gasteiger partial charge on any atom is 0.323 e. The zero-order valence-corrected chi connectivity index (χ0v) is 26.1. The fourth-order valence-electron chi connectivity index (χ4n) is 4.13. The van der Waals surface area contributed by atoms with Crippen LogP contribution in [0.4, 0.5) is 5.13 Å². The van der Waals surface area contributed by atoms with E-state index in [-0.39, 0.29) is 30.6 Å². The molecule has 2 aromatic heterocycles. The molecule has 220 valence electrons. The summed E-state index contributed by atoms with van der Waals surface area (Å²) in [5.74, 6) is -0.0759. The van der Waals surface area contributed by atoms with Crippen LogP contribution in [0.25, 0.3) is 11.5 Å². The Morgan fingerprint density at radius 3 is 1.90 bits per heavy atom. The molecule has 2 heterocycles. The van der Waals surface area contributed by atoms with Crippen molar-refractivity contribution in [2.24, 2.45) is 17.8 Å². The minimum Gasteiger partial charge on any atom is -0.465 e. The van der Waals surface area contributed by atoms with E-state index < -0.39 is 31.5 Å². The van der Waals surface area contributed by atoms with Crippen molar-refractivity contribution in [3.8, 4) is 11.5 Å². The smallest absolute Gasteiger partial charge is 0.323 e. The van der Waals surface area contributed by atoms with Gasteiger partial charge >= 0.3 is 11.9 Å². The van der Waals surface area contributed by atoms with Gasteiger partial charge < -0.3 is 19.6 Å². The average Bonchev–Trinajstić information content (AvgIpc) is 3.44. The minimum atomic E-state index is -3.91. The van der Waals surface area contributed by atoms with E-state index in [9.17, 15) is 14.2 Å². The summed E-state index contributed by atoms with van der Waals surface area (Å²) < 4.78 is 31.5. The summed E-state index contributed by atoms with van der Waals surface area (Å²) in [6, 6.07) is 1.48. The second-order valence-corrected chi connectivity index (χ2v) is 14.1. The van der Waals surface area contributed by atoms with Gasteiger partial charge in [-0.3, -0.25) is 14.2 Å². The van der Waals surface area contributed by atoms with Crippen molar-refractivity contribution in [3.05, 3.63) is 17.0 Å². The summed E-state index contributed by atoms with van der Waals surface area (Å²) in [6.45, 7) is 15.8. The van der Waals surface area contributed by atoms with Gasteiger partial charge in [0.05, 0.1) is 13.2 Å². The largest absolute Gasteiger partial charge is 0.465 e. The maximum atomic E-state index is 14.8. The number of esters is 2. The van der Waals surface area contributed by atoms with Crippen molar-refractivity contribution in [2.45, 2.75) is 86.7 Å². The number of furan rings is 1. The molecule has 12 heteroatoms. The number of hydrogen-bond acceptors (Lipinski definition) is 9. The number of aromatic nitrogens is 1. The first-order chi connectivity index (χ1) is 18.3. The predicted molar refractivity (Wildman–Crippen MR) is 156 cm³/mol. The molecule has 0 aliphatic rings. The Labute approximate surface area is 236 Å². The van der Waals surface area contributed by atoms with Crippen LogP contribution in [0.3, 0.4) is 0 Å². The van der Waals surface area contributed by atoms with Gasteiger partial charge in [-0.05, 0) is 63.0 Å². The molecule has 0 aliphatic heterocycles. The lowest BCUT2D eigenvalue weighted by molar-refractivity contribution is -0.146. The summed E-state index contributed by atoms with van der Waals surface area (Å²) in [5, 5.41) is 6.43. The van der Waals surface area contributed by atoms with Crippen molar-refractivity contribution >= 4 is 41.4 Å². The van der Waals surface area contributed by atoms with Crippen LogP contribution in [-0.2, 0) is 30.0 Å². The monoisotopic (exact) mass is 584 g/mol. The van der Waals surface area contributed by atoms with Gasteiger partial charge in [-0.25, -0.2) is 15.2 Å². The molecule has 0 saturated carbocycles. The number of ether oxygens (including phenoxy) is 2. The molecule has 2 aromatic rings. The van der Waals surface area contributed by atoms with E-state index >= 15 is 0 Å². The van der Waals surface area contributed by atoms with Crippen LogP contribution in [0, 0.1) is 17.8 Å². The lowest BCUT2D eigenvalue weighted by Gasteiger charge is -2.28. The van der Waals surface area contributed by atoms with Gasteiger partial charge in [-0.1, -0.05) is 41.5 Å². The van der Waals surface area contributed by atoms with E-state index in [1.165, 1.54) is 11.3 Å². The predicted octanol–water partition coefficient (Wildman–Crippen LogP) is 5.14. The topological polar surface area (TPSA) is 146 Å². The molecule has 39 heavy (non-hydrogen) atoms. The van der Waals surface area contributed by atoms with E-state index in [1.807, 2.05) is 27.7 Å². The standard InChI is InChI=1S/C27H45N4O6PS/c1-9-35-25(32)19(13-16(3)4)30-38(34,31-20(14-17(5)6)26(33)36-10-2)23-12-11-21(37-23)24-22(15-18(7)8)39-27(28)29-24/h11-12,16-20H,9-10,13-15H2,1-8H3,(H2,28,29)(H2,30,31,34)/t19-,20-/m0/s1. The Kier molecular flexibility index (Phi) is 12.7. The van der Waals surface area contributed by atoms with E-state index in [2.05, 4.69) is 29.0 Å². The van der Waals surface area contributed by atoms with Crippen molar-refractivity contribution in [2.75, 3.05) is 18.9 Å². The van der Waals surface area contributed by atoms with Gasteiger partial charge in [0.15, 0.2) is 16.4 Å². The molecular formula is C27H45N4O6PS. The molecule has 0 unspecified atom stereocenters. The zero-order chi connectivity index (χ0) is 29.3. The Morgan fingerprint density at radius 1 is 0.949 bits per heavy atom. The number of nitrogens with zero attached hydrogens (tertiary/aromatic N) is 1. The van der Waals surface area contributed by atoms with Gasteiger partial charge in [-0.15, -0.1) is 11.3 Å². The van der Waals surface area contributed by atoms with Crippen molar-refractivity contribution in [3.63, 3.8) is 0 Å². The Balaban J connectivity index is 2.59. The average molecular weight is 585 g/mol. The number of carbonyl (C=O) groups is 2. The Bertz CT molecular complexity index is 1090. The van der Waals surface area contributed by atoms with E-state index in [0.717, 1.165) is 11.3 Å². The maximum absolute atomic E-state index is 14.8. The van der Waals surface area contributed by atoms with Crippen LogP contribution in [0.1, 0.15) is 73.1 Å². The molecule has 0 spiro atoms.